The molecule has 0 amide bonds. The van der Waals surface area contributed by atoms with E-state index >= 15 is 0 Å². The Bertz CT molecular complexity index is 416. The highest BCUT2D eigenvalue weighted by molar-refractivity contribution is 6.30. The number of hydrogen-bond donors (Lipinski definition) is 2. The normalized spacial score (nSPS) is 24.4. The first kappa shape index (κ1) is 15.6. The maximum Gasteiger partial charge on any atom is 0.120 e. The van der Waals surface area contributed by atoms with Gasteiger partial charge in [0.25, 0.3) is 0 Å². The van der Waals surface area contributed by atoms with E-state index in [4.69, 9.17) is 21.1 Å². The Hall–Kier alpha value is -0.810. The fourth-order valence-electron chi connectivity index (χ4n) is 2.29. The quantitative estimate of drug-likeness (QED) is 0.846. The van der Waals surface area contributed by atoms with Crippen LogP contribution in [0.1, 0.15) is 19.8 Å². The Morgan fingerprint density at radius 1 is 1.55 bits per heavy atom. The van der Waals surface area contributed by atoms with Crippen LogP contribution in [-0.2, 0) is 4.74 Å². The van der Waals surface area contributed by atoms with Gasteiger partial charge in [-0.3, -0.25) is 0 Å². The summed E-state index contributed by atoms with van der Waals surface area (Å²) in [7, 11) is 0. The summed E-state index contributed by atoms with van der Waals surface area (Å²) in [5.41, 5.74) is 0. The highest BCUT2D eigenvalue weighted by atomic mass is 35.5. The average Bonchev–Trinajstić information content (AvgIpc) is 2.43. The van der Waals surface area contributed by atoms with Crippen LogP contribution in [0, 0.1) is 0 Å². The second-order valence-corrected chi connectivity index (χ2v) is 5.67. The molecular formula is C15H22ClNO3. The molecule has 112 valence electrons. The van der Waals surface area contributed by atoms with Crippen molar-refractivity contribution >= 4 is 11.6 Å². The van der Waals surface area contributed by atoms with Crippen LogP contribution in [0.4, 0.5) is 0 Å². The summed E-state index contributed by atoms with van der Waals surface area (Å²) in [4.78, 5) is 0. The minimum atomic E-state index is -0.535. The van der Waals surface area contributed by atoms with Crippen molar-refractivity contribution in [3.63, 3.8) is 0 Å². The number of aliphatic hydroxyl groups excluding tert-OH is 1. The Morgan fingerprint density at radius 3 is 3.15 bits per heavy atom. The molecule has 1 saturated heterocycles. The third-order valence-electron chi connectivity index (χ3n) is 3.37. The molecule has 1 fully saturated rings. The van der Waals surface area contributed by atoms with E-state index < -0.39 is 6.10 Å². The molecule has 0 saturated carbocycles. The van der Waals surface area contributed by atoms with Crippen molar-refractivity contribution in [1.29, 1.82) is 0 Å². The standard InChI is InChI=1S/C15H22ClNO3/c1-11-7-13(5-6-19-11)17-9-14(18)10-20-15-4-2-3-12(16)8-15/h2-4,8,11,13-14,17-18H,5-7,9-10H2,1H3. The molecule has 1 aromatic rings. The summed E-state index contributed by atoms with van der Waals surface area (Å²) < 4.78 is 11.0. The zero-order valence-electron chi connectivity index (χ0n) is 11.7. The van der Waals surface area contributed by atoms with Crippen LogP contribution >= 0.6 is 11.6 Å². The number of nitrogens with one attached hydrogen (secondary N) is 1. The molecule has 3 unspecified atom stereocenters. The molecule has 5 heteroatoms. The average molecular weight is 300 g/mol. The van der Waals surface area contributed by atoms with Crippen molar-refractivity contribution in [3.8, 4) is 5.75 Å². The molecule has 0 aliphatic carbocycles. The van der Waals surface area contributed by atoms with Gasteiger partial charge in [-0.2, -0.15) is 0 Å². The molecule has 0 aromatic heterocycles. The van der Waals surface area contributed by atoms with Crippen LogP contribution in [-0.4, -0.2) is 43.1 Å². The van der Waals surface area contributed by atoms with Gasteiger partial charge in [0.2, 0.25) is 0 Å². The van der Waals surface area contributed by atoms with Gasteiger partial charge in [-0.15, -0.1) is 0 Å². The van der Waals surface area contributed by atoms with E-state index in [1.54, 1.807) is 12.1 Å². The number of halogens is 1. The lowest BCUT2D eigenvalue weighted by Crippen LogP contribution is -2.42. The van der Waals surface area contributed by atoms with E-state index in [9.17, 15) is 5.11 Å². The molecule has 1 aliphatic rings. The van der Waals surface area contributed by atoms with E-state index in [0.717, 1.165) is 19.4 Å². The van der Waals surface area contributed by atoms with Crippen LogP contribution in [0.5, 0.6) is 5.75 Å². The van der Waals surface area contributed by atoms with Crippen molar-refractivity contribution in [2.24, 2.45) is 0 Å². The van der Waals surface area contributed by atoms with Crippen molar-refractivity contribution in [2.45, 2.75) is 38.0 Å². The lowest BCUT2D eigenvalue weighted by Gasteiger charge is -2.28. The second kappa shape index (κ2) is 7.84. The topological polar surface area (TPSA) is 50.7 Å². The van der Waals surface area contributed by atoms with Gasteiger partial charge in [-0.05, 0) is 38.0 Å². The number of rotatable bonds is 6. The molecule has 1 aromatic carbocycles. The monoisotopic (exact) mass is 299 g/mol. The molecule has 4 nitrogen and oxygen atoms in total. The summed E-state index contributed by atoms with van der Waals surface area (Å²) >= 11 is 5.87. The molecular weight excluding hydrogens is 278 g/mol. The summed E-state index contributed by atoms with van der Waals surface area (Å²) in [5.74, 6) is 0.677. The lowest BCUT2D eigenvalue weighted by molar-refractivity contribution is 0.00966. The summed E-state index contributed by atoms with van der Waals surface area (Å²) in [5, 5.41) is 13.9. The molecule has 1 aliphatic heterocycles. The first-order valence-corrected chi connectivity index (χ1v) is 7.42. The van der Waals surface area contributed by atoms with E-state index in [2.05, 4.69) is 12.2 Å². The molecule has 2 rings (SSSR count). The van der Waals surface area contributed by atoms with Crippen LogP contribution in [0.2, 0.25) is 5.02 Å². The Labute approximate surface area is 125 Å². The van der Waals surface area contributed by atoms with Crippen LogP contribution in [0.15, 0.2) is 24.3 Å². The van der Waals surface area contributed by atoms with Gasteiger partial charge in [0.1, 0.15) is 18.5 Å². The highest BCUT2D eigenvalue weighted by Gasteiger charge is 2.19. The maximum atomic E-state index is 9.92. The van der Waals surface area contributed by atoms with Gasteiger partial charge in [-0.25, -0.2) is 0 Å². The fourth-order valence-corrected chi connectivity index (χ4v) is 2.47. The van der Waals surface area contributed by atoms with Gasteiger partial charge >= 0.3 is 0 Å². The van der Waals surface area contributed by atoms with Crippen LogP contribution in [0.25, 0.3) is 0 Å². The Balaban J connectivity index is 1.66. The number of ether oxygens (including phenoxy) is 2. The van der Waals surface area contributed by atoms with E-state index in [1.165, 1.54) is 0 Å². The number of hydrogen-bond acceptors (Lipinski definition) is 4. The largest absolute Gasteiger partial charge is 0.491 e. The second-order valence-electron chi connectivity index (χ2n) is 5.23. The smallest absolute Gasteiger partial charge is 0.120 e. The van der Waals surface area contributed by atoms with Gasteiger partial charge in [0.15, 0.2) is 0 Å². The minimum absolute atomic E-state index is 0.256. The summed E-state index contributed by atoms with van der Waals surface area (Å²) in [6, 6.07) is 7.60. The fraction of sp³-hybridized carbons (Fsp3) is 0.600. The first-order chi connectivity index (χ1) is 9.63. The SMILES string of the molecule is CC1CC(NCC(O)COc2cccc(Cl)c2)CCO1. The van der Waals surface area contributed by atoms with Crippen molar-refractivity contribution in [3.05, 3.63) is 29.3 Å². The third kappa shape index (κ3) is 5.29. The predicted octanol–water partition coefficient (Wildman–Crippen LogP) is 2.24. The van der Waals surface area contributed by atoms with Gasteiger partial charge in [-0.1, -0.05) is 17.7 Å². The lowest BCUT2D eigenvalue weighted by atomic mass is 10.0. The minimum Gasteiger partial charge on any atom is -0.491 e. The highest BCUT2D eigenvalue weighted by Crippen LogP contribution is 2.17. The Morgan fingerprint density at radius 2 is 2.40 bits per heavy atom. The van der Waals surface area contributed by atoms with Crippen LogP contribution in [0.3, 0.4) is 0 Å². The maximum absolute atomic E-state index is 9.92. The summed E-state index contributed by atoms with van der Waals surface area (Å²) in [6.45, 7) is 3.64. The van der Waals surface area contributed by atoms with Gasteiger partial charge in [0, 0.05) is 24.2 Å². The van der Waals surface area contributed by atoms with Gasteiger partial charge in [0.05, 0.1) is 6.10 Å². The van der Waals surface area contributed by atoms with E-state index in [0.29, 0.717) is 29.5 Å². The van der Waals surface area contributed by atoms with Crippen molar-refractivity contribution < 1.29 is 14.6 Å². The van der Waals surface area contributed by atoms with Crippen molar-refractivity contribution in [2.75, 3.05) is 19.8 Å². The summed E-state index contributed by atoms with van der Waals surface area (Å²) in [6.07, 6.45) is 1.74. The molecule has 0 spiro atoms. The van der Waals surface area contributed by atoms with Crippen LogP contribution < -0.4 is 10.1 Å². The molecule has 1 heterocycles. The molecule has 0 radical (unpaired) electrons. The molecule has 0 bridgehead atoms. The van der Waals surface area contributed by atoms with E-state index in [1.807, 2.05) is 12.1 Å². The van der Waals surface area contributed by atoms with Gasteiger partial charge < -0.3 is 19.9 Å². The molecule has 3 atom stereocenters. The Kier molecular flexibility index (Phi) is 6.10. The molecule has 20 heavy (non-hydrogen) atoms. The zero-order chi connectivity index (χ0) is 14.4. The third-order valence-corrected chi connectivity index (χ3v) is 3.60. The zero-order valence-corrected chi connectivity index (χ0v) is 12.5. The number of aliphatic hydroxyl groups is 1. The molecule has 2 N–H and O–H groups in total. The van der Waals surface area contributed by atoms with Crippen molar-refractivity contribution in [1.82, 2.24) is 5.32 Å². The number of benzene rings is 1. The van der Waals surface area contributed by atoms with E-state index in [-0.39, 0.29) is 6.61 Å². The first-order valence-electron chi connectivity index (χ1n) is 7.05. The predicted molar refractivity (Wildman–Crippen MR) is 79.4 cm³/mol.